The van der Waals surface area contributed by atoms with Gasteiger partial charge in [0.25, 0.3) is 0 Å². The highest BCUT2D eigenvalue weighted by atomic mass is 16.5. The van der Waals surface area contributed by atoms with Crippen molar-refractivity contribution in [2.75, 3.05) is 0 Å². The van der Waals surface area contributed by atoms with Gasteiger partial charge in [-0.25, -0.2) is 5.48 Å². The molecule has 1 saturated carbocycles. The van der Waals surface area contributed by atoms with Crippen molar-refractivity contribution in [3.63, 3.8) is 0 Å². The highest BCUT2D eigenvalue weighted by Gasteiger charge is 2.19. The van der Waals surface area contributed by atoms with Gasteiger partial charge in [-0.2, -0.15) is 0 Å². The zero-order chi connectivity index (χ0) is 13.7. The molecule has 2 N–H and O–H groups in total. The lowest BCUT2D eigenvalue weighted by atomic mass is 9.79. The Kier molecular flexibility index (Phi) is 4.97. The Bertz CT molecular complexity index is 409. The molecule has 2 rings (SSSR count). The van der Waals surface area contributed by atoms with Crippen LogP contribution in [0, 0.1) is 5.92 Å². The fourth-order valence-corrected chi connectivity index (χ4v) is 2.67. The van der Waals surface area contributed by atoms with Gasteiger partial charge in [-0.1, -0.05) is 44.0 Å². The van der Waals surface area contributed by atoms with Crippen LogP contribution in [0.2, 0.25) is 0 Å². The second-order valence-corrected chi connectivity index (χ2v) is 5.59. The van der Waals surface area contributed by atoms with Crippen LogP contribution in [-0.2, 0) is 11.2 Å². The number of amides is 1. The molecule has 0 bridgehead atoms. The minimum absolute atomic E-state index is 0.293. The summed E-state index contributed by atoms with van der Waals surface area (Å²) in [6.45, 7) is 2.08. The van der Waals surface area contributed by atoms with Crippen molar-refractivity contribution in [1.29, 1.82) is 0 Å². The van der Waals surface area contributed by atoms with E-state index in [-0.39, 0.29) is 5.91 Å². The number of hydroxylamine groups is 1. The van der Waals surface area contributed by atoms with Gasteiger partial charge in [0, 0.05) is 6.42 Å². The van der Waals surface area contributed by atoms with E-state index in [1.54, 1.807) is 5.48 Å². The SMILES string of the molecule is CCC(CC(=O)NO)Cc1ccc(C2CCC2)cc1. The minimum atomic E-state index is -0.294. The molecule has 0 spiro atoms. The van der Waals surface area contributed by atoms with Crippen molar-refractivity contribution in [3.05, 3.63) is 35.4 Å². The highest BCUT2D eigenvalue weighted by molar-refractivity contribution is 5.74. The minimum Gasteiger partial charge on any atom is -0.289 e. The lowest BCUT2D eigenvalue weighted by Gasteiger charge is -2.26. The van der Waals surface area contributed by atoms with E-state index >= 15 is 0 Å². The van der Waals surface area contributed by atoms with E-state index in [4.69, 9.17) is 5.21 Å². The first kappa shape index (κ1) is 14.1. The first-order valence-electron chi connectivity index (χ1n) is 7.24. The van der Waals surface area contributed by atoms with Crippen LogP contribution in [0.25, 0.3) is 0 Å². The van der Waals surface area contributed by atoms with Crippen LogP contribution in [-0.4, -0.2) is 11.1 Å². The quantitative estimate of drug-likeness (QED) is 0.609. The number of hydrogen-bond donors (Lipinski definition) is 2. The Morgan fingerprint density at radius 3 is 2.53 bits per heavy atom. The molecule has 1 atom stereocenters. The zero-order valence-electron chi connectivity index (χ0n) is 11.6. The molecule has 1 aromatic carbocycles. The van der Waals surface area contributed by atoms with Gasteiger partial charge in [0.1, 0.15) is 0 Å². The summed E-state index contributed by atoms with van der Waals surface area (Å²) in [6, 6.07) is 8.84. The van der Waals surface area contributed by atoms with E-state index < -0.39 is 0 Å². The average molecular weight is 261 g/mol. The summed E-state index contributed by atoms with van der Waals surface area (Å²) in [5.41, 5.74) is 4.45. The molecule has 1 amide bonds. The maximum atomic E-state index is 11.2. The van der Waals surface area contributed by atoms with Crippen molar-refractivity contribution in [2.45, 2.75) is 51.4 Å². The number of carbonyl (C=O) groups excluding carboxylic acids is 1. The van der Waals surface area contributed by atoms with Crippen molar-refractivity contribution < 1.29 is 10.0 Å². The second-order valence-electron chi connectivity index (χ2n) is 5.59. The third kappa shape index (κ3) is 3.80. The molecule has 104 valence electrons. The predicted octanol–water partition coefficient (Wildman–Crippen LogP) is 3.42. The molecule has 19 heavy (non-hydrogen) atoms. The lowest BCUT2D eigenvalue weighted by Crippen LogP contribution is -2.22. The van der Waals surface area contributed by atoms with Gasteiger partial charge in [0.05, 0.1) is 0 Å². The summed E-state index contributed by atoms with van der Waals surface area (Å²) in [6.07, 6.45) is 6.24. The fourth-order valence-electron chi connectivity index (χ4n) is 2.67. The van der Waals surface area contributed by atoms with Gasteiger partial charge in [-0.3, -0.25) is 10.0 Å². The molecule has 1 aliphatic carbocycles. The molecule has 0 heterocycles. The molecule has 1 aromatic rings. The lowest BCUT2D eigenvalue weighted by molar-refractivity contribution is -0.130. The van der Waals surface area contributed by atoms with Crippen LogP contribution in [0.5, 0.6) is 0 Å². The topological polar surface area (TPSA) is 49.3 Å². The Labute approximate surface area is 115 Å². The summed E-state index contributed by atoms with van der Waals surface area (Å²) >= 11 is 0. The van der Waals surface area contributed by atoms with Gasteiger partial charge in [-0.05, 0) is 42.2 Å². The molecular formula is C16H23NO2. The number of rotatable bonds is 6. The highest BCUT2D eigenvalue weighted by Crippen LogP contribution is 2.36. The van der Waals surface area contributed by atoms with Gasteiger partial charge >= 0.3 is 0 Å². The molecule has 3 heteroatoms. The monoisotopic (exact) mass is 261 g/mol. The van der Waals surface area contributed by atoms with Crippen LogP contribution in [0.15, 0.2) is 24.3 Å². The van der Waals surface area contributed by atoms with Crippen LogP contribution in [0.4, 0.5) is 0 Å². The molecular weight excluding hydrogens is 238 g/mol. The van der Waals surface area contributed by atoms with Crippen LogP contribution >= 0.6 is 0 Å². The molecule has 3 nitrogen and oxygen atoms in total. The fraction of sp³-hybridized carbons (Fsp3) is 0.562. The molecule has 1 aliphatic rings. The molecule has 0 saturated heterocycles. The number of nitrogens with one attached hydrogen (secondary N) is 1. The first-order valence-corrected chi connectivity index (χ1v) is 7.24. The Morgan fingerprint density at radius 1 is 1.37 bits per heavy atom. The number of carbonyl (C=O) groups is 1. The van der Waals surface area contributed by atoms with E-state index in [2.05, 4.69) is 31.2 Å². The number of benzene rings is 1. The summed E-state index contributed by atoms with van der Waals surface area (Å²) in [5, 5.41) is 8.58. The second kappa shape index (κ2) is 6.71. The predicted molar refractivity (Wildman–Crippen MR) is 75.1 cm³/mol. The summed E-state index contributed by atoms with van der Waals surface area (Å²) in [7, 11) is 0. The molecule has 1 unspecified atom stereocenters. The van der Waals surface area contributed by atoms with Crippen molar-refractivity contribution in [3.8, 4) is 0 Å². The largest absolute Gasteiger partial charge is 0.289 e. The zero-order valence-corrected chi connectivity index (χ0v) is 11.6. The van der Waals surface area contributed by atoms with E-state index in [1.807, 2.05) is 0 Å². The Morgan fingerprint density at radius 2 is 2.05 bits per heavy atom. The summed E-state index contributed by atoms with van der Waals surface area (Å²) in [4.78, 5) is 11.2. The summed E-state index contributed by atoms with van der Waals surface area (Å²) in [5.74, 6) is 0.774. The molecule has 1 fully saturated rings. The average Bonchev–Trinajstić information content (AvgIpc) is 2.38. The van der Waals surface area contributed by atoms with Crippen LogP contribution < -0.4 is 5.48 Å². The maximum absolute atomic E-state index is 11.2. The molecule has 0 aliphatic heterocycles. The molecule has 0 aromatic heterocycles. The summed E-state index contributed by atoms with van der Waals surface area (Å²) < 4.78 is 0. The van der Waals surface area contributed by atoms with Crippen LogP contribution in [0.1, 0.15) is 56.1 Å². The van der Waals surface area contributed by atoms with Gasteiger partial charge in [0.15, 0.2) is 0 Å². The van der Waals surface area contributed by atoms with Crippen LogP contribution in [0.3, 0.4) is 0 Å². The van der Waals surface area contributed by atoms with E-state index in [9.17, 15) is 4.79 Å². The van der Waals surface area contributed by atoms with Crippen molar-refractivity contribution >= 4 is 5.91 Å². The van der Waals surface area contributed by atoms with E-state index in [0.717, 1.165) is 18.8 Å². The normalized spacial score (nSPS) is 16.7. The van der Waals surface area contributed by atoms with Gasteiger partial charge < -0.3 is 0 Å². The van der Waals surface area contributed by atoms with E-state index in [1.165, 1.54) is 30.4 Å². The van der Waals surface area contributed by atoms with E-state index in [0.29, 0.717) is 12.3 Å². The van der Waals surface area contributed by atoms with Gasteiger partial charge in [0.2, 0.25) is 5.91 Å². The number of hydrogen-bond acceptors (Lipinski definition) is 2. The third-order valence-corrected chi connectivity index (χ3v) is 4.26. The maximum Gasteiger partial charge on any atom is 0.243 e. The molecule has 0 radical (unpaired) electrons. The first-order chi connectivity index (χ1) is 9.22. The smallest absolute Gasteiger partial charge is 0.243 e. The standard InChI is InChI=1S/C16H23NO2/c1-2-12(11-16(18)17-19)10-13-6-8-15(9-7-13)14-4-3-5-14/h6-9,12,14,19H,2-5,10-11H2,1H3,(H,17,18). The Hall–Kier alpha value is -1.35. The van der Waals surface area contributed by atoms with Gasteiger partial charge in [-0.15, -0.1) is 0 Å². The van der Waals surface area contributed by atoms with Crippen molar-refractivity contribution in [1.82, 2.24) is 5.48 Å². The van der Waals surface area contributed by atoms with Crippen molar-refractivity contribution in [2.24, 2.45) is 5.92 Å². The third-order valence-electron chi connectivity index (χ3n) is 4.26. The Balaban J connectivity index is 1.91.